The van der Waals surface area contributed by atoms with Crippen molar-refractivity contribution in [1.29, 1.82) is 0 Å². The molecule has 2 atom stereocenters. The number of aryl methyl sites for hydroxylation is 1. The van der Waals surface area contributed by atoms with E-state index in [4.69, 9.17) is 5.73 Å². The highest BCUT2D eigenvalue weighted by Gasteiger charge is 2.34. The van der Waals surface area contributed by atoms with Gasteiger partial charge in [0.05, 0.1) is 6.42 Å². The minimum atomic E-state index is 0. The Morgan fingerprint density at radius 1 is 1.08 bits per heavy atom. The van der Waals surface area contributed by atoms with Crippen LogP contribution in [-0.2, 0) is 11.2 Å². The standard InChI is InChI=1S/C20H24N2O.ClH/c1-15-7-9-16(10-8-15)11-20(23)22-13-18(12-21)19(14-22)17-5-3-2-4-6-17;/h2-10,18-19H,11-14,21H2,1H3;1H/t18-,19+;/m1./s1. The summed E-state index contributed by atoms with van der Waals surface area (Å²) in [5, 5.41) is 0. The maximum Gasteiger partial charge on any atom is 0.227 e. The van der Waals surface area contributed by atoms with Gasteiger partial charge < -0.3 is 10.6 Å². The summed E-state index contributed by atoms with van der Waals surface area (Å²) >= 11 is 0. The summed E-state index contributed by atoms with van der Waals surface area (Å²) in [6.07, 6.45) is 0.471. The van der Waals surface area contributed by atoms with Gasteiger partial charge in [0.2, 0.25) is 5.91 Å². The molecular formula is C20H25ClN2O. The first-order valence-corrected chi connectivity index (χ1v) is 8.25. The van der Waals surface area contributed by atoms with E-state index in [-0.39, 0.29) is 18.3 Å². The van der Waals surface area contributed by atoms with Crippen LogP contribution in [-0.4, -0.2) is 30.4 Å². The summed E-state index contributed by atoms with van der Waals surface area (Å²) in [4.78, 5) is 14.6. The van der Waals surface area contributed by atoms with E-state index in [1.807, 2.05) is 23.1 Å². The van der Waals surface area contributed by atoms with E-state index in [9.17, 15) is 4.79 Å². The molecule has 2 aromatic carbocycles. The zero-order valence-electron chi connectivity index (χ0n) is 14.0. The second kappa shape index (κ2) is 8.32. The van der Waals surface area contributed by atoms with Gasteiger partial charge in [-0.15, -0.1) is 12.4 Å². The number of rotatable bonds is 4. The lowest BCUT2D eigenvalue weighted by molar-refractivity contribution is -0.129. The van der Waals surface area contributed by atoms with Crippen molar-refractivity contribution in [3.8, 4) is 0 Å². The predicted octanol–water partition coefficient (Wildman–Crippen LogP) is 3.16. The molecule has 3 nitrogen and oxygen atoms in total. The summed E-state index contributed by atoms with van der Waals surface area (Å²) in [7, 11) is 0. The molecule has 128 valence electrons. The molecule has 1 amide bonds. The third-order valence-electron chi connectivity index (χ3n) is 4.80. The fourth-order valence-corrected chi connectivity index (χ4v) is 3.38. The van der Waals surface area contributed by atoms with Crippen LogP contribution in [0.3, 0.4) is 0 Å². The molecule has 1 aliphatic rings. The molecule has 2 N–H and O–H groups in total. The minimum absolute atomic E-state index is 0. The van der Waals surface area contributed by atoms with Gasteiger partial charge in [-0.3, -0.25) is 4.79 Å². The van der Waals surface area contributed by atoms with Crippen molar-refractivity contribution in [3.63, 3.8) is 0 Å². The van der Waals surface area contributed by atoms with Crippen molar-refractivity contribution < 1.29 is 4.79 Å². The smallest absolute Gasteiger partial charge is 0.227 e. The zero-order valence-corrected chi connectivity index (χ0v) is 14.8. The summed E-state index contributed by atoms with van der Waals surface area (Å²) in [6.45, 7) is 4.22. The molecule has 24 heavy (non-hydrogen) atoms. The van der Waals surface area contributed by atoms with Crippen molar-refractivity contribution in [3.05, 3.63) is 71.3 Å². The number of hydrogen-bond acceptors (Lipinski definition) is 2. The molecule has 0 spiro atoms. The molecule has 0 radical (unpaired) electrons. The number of benzene rings is 2. The van der Waals surface area contributed by atoms with E-state index >= 15 is 0 Å². The van der Waals surface area contributed by atoms with Gasteiger partial charge in [-0.1, -0.05) is 60.2 Å². The number of nitrogens with zero attached hydrogens (tertiary/aromatic N) is 1. The van der Waals surface area contributed by atoms with Crippen LogP contribution in [0.25, 0.3) is 0 Å². The fourth-order valence-electron chi connectivity index (χ4n) is 3.38. The van der Waals surface area contributed by atoms with Crippen LogP contribution >= 0.6 is 12.4 Å². The molecule has 0 aromatic heterocycles. The van der Waals surface area contributed by atoms with Crippen LogP contribution < -0.4 is 5.73 Å². The average Bonchev–Trinajstić information content (AvgIpc) is 3.02. The van der Waals surface area contributed by atoms with Crippen molar-refractivity contribution in [2.45, 2.75) is 19.3 Å². The second-order valence-electron chi connectivity index (χ2n) is 6.47. The zero-order chi connectivity index (χ0) is 16.2. The van der Waals surface area contributed by atoms with Gasteiger partial charge in [-0.05, 0) is 30.5 Å². The Kier molecular flexibility index (Phi) is 6.41. The molecule has 0 aliphatic carbocycles. The van der Waals surface area contributed by atoms with E-state index in [1.54, 1.807) is 0 Å². The van der Waals surface area contributed by atoms with Gasteiger partial charge in [0.25, 0.3) is 0 Å². The van der Waals surface area contributed by atoms with Crippen LogP contribution in [0.1, 0.15) is 22.6 Å². The van der Waals surface area contributed by atoms with Crippen molar-refractivity contribution in [2.75, 3.05) is 19.6 Å². The maximum absolute atomic E-state index is 12.6. The highest BCUT2D eigenvalue weighted by Crippen LogP contribution is 2.32. The number of likely N-dealkylation sites (tertiary alicyclic amines) is 1. The first kappa shape index (κ1) is 18.5. The first-order chi connectivity index (χ1) is 11.2. The molecule has 0 saturated carbocycles. The van der Waals surface area contributed by atoms with Gasteiger partial charge in [-0.25, -0.2) is 0 Å². The third-order valence-corrected chi connectivity index (χ3v) is 4.80. The summed E-state index contributed by atoms with van der Waals surface area (Å²) in [5.74, 6) is 0.897. The second-order valence-corrected chi connectivity index (χ2v) is 6.47. The van der Waals surface area contributed by atoms with Crippen molar-refractivity contribution >= 4 is 18.3 Å². The van der Waals surface area contributed by atoms with Crippen molar-refractivity contribution in [1.82, 2.24) is 4.90 Å². The molecule has 2 aromatic rings. The number of carbonyl (C=O) groups is 1. The Morgan fingerprint density at radius 3 is 2.38 bits per heavy atom. The monoisotopic (exact) mass is 344 g/mol. The highest BCUT2D eigenvalue weighted by atomic mass is 35.5. The number of carbonyl (C=O) groups excluding carboxylic acids is 1. The van der Waals surface area contributed by atoms with Crippen LogP contribution in [0.2, 0.25) is 0 Å². The van der Waals surface area contributed by atoms with Crippen LogP contribution in [0, 0.1) is 12.8 Å². The Hall–Kier alpha value is -1.84. The molecule has 1 aliphatic heterocycles. The molecule has 4 heteroatoms. The van der Waals surface area contributed by atoms with Gasteiger partial charge in [-0.2, -0.15) is 0 Å². The largest absolute Gasteiger partial charge is 0.341 e. The molecule has 1 saturated heterocycles. The fraction of sp³-hybridized carbons (Fsp3) is 0.350. The lowest BCUT2D eigenvalue weighted by Crippen LogP contribution is -2.31. The predicted molar refractivity (Wildman–Crippen MR) is 100 cm³/mol. The lowest BCUT2D eigenvalue weighted by atomic mass is 9.89. The van der Waals surface area contributed by atoms with E-state index in [1.165, 1.54) is 11.1 Å². The molecule has 3 rings (SSSR count). The maximum atomic E-state index is 12.6. The Morgan fingerprint density at radius 2 is 1.75 bits per heavy atom. The molecule has 0 unspecified atom stereocenters. The summed E-state index contributed by atoms with van der Waals surface area (Å²) in [5.41, 5.74) is 9.54. The summed E-state index contributed by atoms with van der Waals surface area (Å²) in [6, 6.07) is 18.6. The summed E-state index contributed by atoms with van der Waals surface area (Å²) < 4.78 is 0. The number of amides is 1. The van der Waals surface area contributed by atoms with Crippen molar-refractivity contribution in [2.24, 2.45) is 11.7 Å². The van der Waals surface area contributed by atoms with Gasteiger partial charge >= 0.3 is 0 Å². The highest BCUT2D eigenvalue weighted by molar-refractivity contribution is 5.85. The van der Waals surface area contributed by atoms with E-state index in [0.29, 0.717) is 24.8 Å². The van der Waals surface area contributed by atoms with Gasteiger partial charge in [0, 0.05) is 19.0 Å². The van der Waals surface area contributed by atoms with E-state index < -0.39 is 0 Å². The average molecular weight is 345 g/mol. The van der Waals surface area contributed by atoms with Gasteiger partial charge in [0.1, 0.15) is 0 Å². The van der Waals surface area contributed by atoms with E-state index in [0.717, 1.165) is 18.7 Å². The van der Waals surface area contributed by atoms with Crippen LogP contribution in [0.4, 0.5) is 0 Å². The Labute approximate surface area is 150 Å². The minimum Gasteiger partial charge on any atom is -0.341 e. The molecule has 0 bridgehead atoms. The van der Waals surface area contributed by atoms with Crippen LogP contribution in [0.5, 0.6) is 0 Å². The number of hydrogen-bond donors (Lipinski definition) is 1. The first-order valence-electron chi connectivity index (χ1n) is 8.25. The normalized spacial score (nSPS) is 19.8. The van der Waals surface area contributed by atoms with Crippen LogP contribution in [0.15, 0.2) is 54.6 Å². The third kappa shape index (κ3) is 4.16. The molecule has 1 fully saturated rings. The van der Waals surface area contributed by atoms with Gasteiger partial charge in [0.15, 0.2) is 0 Å². The molecular weight excluding hydrogens is 320 g/mol. The Balaban J connectivity index is 0.00000208. The topological polar surface area (TPSA) is 46.3 Å². The molecule has 1 heterocycles. The number of halogens is 1. The quantitative estimate of drug-likeness (QED) is 0.926. The Bertz CT molecular complexity index is 657. The van der Waals surface area contributed by atoms with E-state index in [2.05, 4.69) is 43.3 Å². The SMILES string of the molecule is Cc1ccc(CC(=O)N2C[C@@H](CN)[C@H](c3ccccc3)C2)cc1.Cl. The lowest BCUT2D eigenvalue weighted by Gasteiger charge is -2.17. The number of nitrogens with two attached hydrogens (primary N) is 1.